The molecule has 2 nitrogen and oxygen atoms in total. The third kappa shape index (κ3) is 4.29. The predicted molar refractivity (Wildman–Crippen MR) is 187 cm³/mol. The summed E-state index contributed by atoms with van der Waals surface area (Å²) in [6.07, 6.45) is 4.63. The number of ketones is 1. The van der Waals surface area contributed by atoms with Crippen molar-refractivity contribution in [3.63, 3.8) is 0 Å². The highest BCUT2D eigenvalue weighted by Crippen LogP contribution is 2.61. The average Bonchev–Trinajstić information content (AvgIpc) is 3.19. The molecule has 2 atom stereocenters. The summed E-state index contributed by atoms with van der Waals surface area (Å²) < 4.78 is 1.99. The SMILES string of the molecule is CN1c2c(ccc3ccccc23)C(C)(C)[C@@]12C=C(c1ccc(Br)cc1)C=C(c1ccccc1)[C@H]2C(=O)c1ccc(Br)cc1. The molecule has 0 amide bonds. The van der Waals surface area contributed by atoms with E-state index in [0.717, 1.165) is 31.2 Å². The molecule has 2 aliphatic rings. The van der Waals surface area contributed by atoms with Gasteiger partial charge in [-0.05, 0) is 69.6 Å². The first-order valence-electron chi connectivity index (χ1n) is 14.5. The number of hydrogen-bond donors (Lipinski definition) is 0. The lowest BCUT2D eigenvalue weighted by molar-refractivity contribution is 0.0885. The summed E-state index contributed by atoms with van der Waals surface area (Å²) in [6, 6.07) is 39.8. The van der Waals surface area contributed by atoms with Crippen LogP contribution >= 0.6 is 31.9 Å². The van der Waals surface area contributed by atoms with Crippen molar-refractivity contribution in [2.45, 2.75) is 24.8 Å². The lowest BCUT2D eigenvalue weighted by atomic mass is 9.57. The summed E-state index contributed by atoms with van der Waals surface area (Å²) in [5.74, 6) is -0.354. The molecule has 7 rings (SSSR count). The summed E-state index contributed by atoms with van der Waals surface area (Å²) in [4.78, 5) is 17.5. The zero-order valence-corrected chi connectivity index (χ0v) is 27.5. The van der Waals surface area contributed by atoms with Crippen molar-refractivity contribution in [1.29, 1.82) is 0 Å². The summed E-state index contributed by atoms with van der Waals surface area (Å²) in [7, 11) is 2.19. The fourth-order valence-electron chi connectivity index (χ4n) is 7.43. The van der Waals surface area contributed by atoms with Crippen LogP contribution in [0.2, 0.25) is 0 Å². The average molecular weight is 689 g/mol. The topological polar surface area (TPSA) is 20.3 Å². The molecule has 0 saturated heterocycles. The van der Waals surface area contributed by atoms with Crippen molar-refractivity contribution in [3.05, 3.63) is 159 Å². The van der Waals surface area contributed by atoms with Crippen LogP contribution < -0.4 is 4.90 Å². The fourth-order valence-corrected chi connectivity index (χ4v) is 7.96. The minimum absolute atomic E-state index is 0.116. The highest BCUT2D eigenvalue weighted by molar-refractivity contribution is 9.10. The van der Waals surface area contributed by atoms with Gasteiger partial charge in [-0.3, -0.25) is 4.79 Å². The van der Waals surface area contributed by atoms with Crippen molar-refractivity contribution in [3.8, 4) is 0 Å². The number of nitrogens with zero attached hydrogens (tertiary/aromatic N) is 1. The second-order valence-corrected chi connectivity index (χ2v) is 13.9. The van der Waals surface area contributed by atoms with E-state index in [0.29, 0.717) is 5.56 Å². The van der Waals surface area contributed by atoms with E-state index in [1.807, 2.05) is 30.3 Å². The van der Waals surface area contributed by atoms with Crippen molar-refractivity contribution in [2.24, 2.45) is 5.92 Å². The molecule has 0 fully saturated rings. The Morgan fingerprint density at radius 3 is 2.05 bits per heavy atom. The number of allylic oxidation sites excluding steroid dienone is 2. The molecule has 0 N–H and O–H groups in total. The van der Waals surface area contributed by atoms with Crippen molar-refractivity contribution < 1.29 is 4.79 Å². The number of fused-ring (bicyclic) bond motifs is 3. The molecule has 212 valence electrons. The maximum atomic E-state index is 15.1. The summed E-state index contributed by atoms with van der Waals surface area (Å²) in [5, 5.41) is 2.40. The Balaban J connectivity index is 1.57. The van der Waals surface area contributed by atoms with Gasteiger partial charge in [-0.15, -0.1) is 0 Å². The standard InChI is InChI=1S/C39H31Br2NO/c1-38(2)34-22-17-27-11-7-8-12-32(27)36(34)42(3)39(38)24-29(25-13-18-30(40)19-14-25)23-33(26-9-5-4-6-10-26)35(39)37(43)28-15-20-31(41)21-16-28/h4-24,35H,1-3H3/t35-,39-/m0/s1. The predicted octanol–water partition coefficient (Wildman–Crippen LogP) is 10.5. The second-order valence-electron chi connectivity index (χ2n) is 12.1. The Hall–Kier alpha value is -3.73. The maximum absolute atomic E-state index is 15.1. The Morgan fingerprint density at radius 2 is 1.35 bits per heavy atom. The van der Waals surface area contributed by atoms with E-state index in [1.165, 1.54) is 22.0 Å². The number of hydrogen-bond acceptors (Lipinski definition) is 2. The van der Waals surface area contributed by atoms with E-state index < -0.39 is 16.9 Å². The fraction of sp³-hybridized carbons (Fsp3) is 0.154. The van der Waals surface area contributed by atoms with Crippen LogP contribution in [0.1, 0.15) is 40.9 Å². The number of likely N-dealkylation sites (N-methyl/N-ethyl adjacent to an activating group) is 1. The Labute approximate surface area is 270 Å². The molecule has 0 aromatic heterocycles. The van der Waals surface area contributed by atoms with E-state index in [4.69, 9.17) is 0 Å². The van der Waals surface area contributed by atoms with Crippen molar-refractivity contribution in [1.82, 2.24) is 0 Å². The number of carbonyl (C=O) groups excluding carboxylic acids is 1. The lowest BCUT2D eigenvalue weighted by Crippen LogP contribution is -2.61. The van der Waals surface area contributed by atoms with Crippen molar-refractivity contribution in [2.75, 3.05) is 11.9 Å². The third-order valence-corrected chi connectivity index (χ3v) is 10.6. The number of anilines is 1. The number of benzene rings is 5. The first-order chi connectivity index (χ1) is 20.7. The van der Waals surface area contributed by atoms with Crippen LogP contribution in [0.25, 0.3) is 21.9 Å². The van der Waals surface area contributed by atoms with E-state index >= 15 is 4.79 Å². The van der Waals surface area contributed by atoms with Gasteiger partial charge in [-0.1, -0.05) is 137 Å². The largest absolute Gasteiger partial charge is 0.363 e. The molecule has 0 bridgehead atoms. The highest BCUT2D eigenvalue weighted by atomic mass is 79.9. The van der Waals surface area contributed by atoms with Crippen molar-refractivity contribution >= 4 is 65.2 Å². The van der Waals surface area contributed by atoms with Gasteiger partial charge in [0.05, 0.1) is 11.5 Å². The van der Waals surface area contributed by atoms with E-state index in [-0.39, 0.29) is 5.78 Å². The molecule has 1 heterocycles. The number of carbonyl (C=O) groups is 1. The van der Waals surface area contributed by atoms with Gasteiger partial charge in [0.2, 0.25) is 0 Å². The Bertz CT molecular complexity index is 1940. The van der Waals surface area contributed by atoms with Crippen LogP contribution in [0.3, 0.4) is 0 Å². The van der Waals surface area contributed by atoms with Gasteiger partial charge in [0.1, 0.15) is 0 Å². The molecular formula is C39H31Br2NO. The molecule has 1 aliphatic heterocycles. The molecular weight excluding hydrogens is 658 g/mol. The normalized spacial score (nSPS) is 20.6. The summed E-state index contributed by atoms with van der Waals surface area (Å²) in [6.45, 7) is 4.63. The molecule has 0 saturated carbocycles. The van der Waals surface area contributed by atoms with Crippen LogP contribution in [0.5, 0.6) is 0 Å². The smallest absolute Gasteiger partial charge is 0.173 e. The van der Waals surface area contributed by atoms with E-state index in [9.17, 15) is 0 Å². The molecule has 0 unspecified atom stereocenters. The lowest BCUT2D eigenvalue weighted by Gasteiger charge is -2.52. The molecule has 0 radical (unpaired) electrons. The van der Waals surface area contributed by atoms with E-state index in [1.54, 1.807) is 0 Å². The Kier molecular flexibility index (Phi) is 6.83. The molecule has 5 aromatic rings. The quantitative estimate of drug-likeness (QED) is 0.175. The number of rotatable bonds is 4. The third-order valence-electron chi connectivity index (χ3n) is 9.58. The summed E-state index contributed by atoms with van der Waals surface area (Å²) >= 11 is 7.18. The zero-order valence-electron chi connectivity index (χ0n) is 24.3. The zero-order chi connectivity index (χ0) is 29.9. The second kappa shape index (κ2) is 10.5. The van der Waals surface area contributed by atoms with Gasteiger partial charge in [0.25, 0.3) is 0 Å². The minimum Gasteiger partial charge on any atom is -0.363 e. The van der Waals surface area contributed by atoms with E-state index in [2.05, 4.69) is 155 Å². The summed E-state index contributed by atoms with van der Waals surface area (Å²) in [5.41, 5.74) is 6.35. The molecule has 43 heavy (non-hydrogen) atoms. The molecule has 1 aliphatic carbocycles. The Morgan fingerprint density at radius 1 is 0.721 bits per heavy atom. The maximum Gasteiger partial charge on any atom is 0.173 e. The molecule has 4 heteroatoms. The van der Waals surface area contributed by atoms with Gasteiger partial charge >= 0.3 is 0 Å². The minimum atomic E-state index is -0.702. The first-order valence-corrected chi connectivity index (χ1v) is 16.1. The van der Waals surface area contributed by atoms with Crippen LogP contribution in [-0.4, -0.2) is 18.4 Å². The van der Waals surface area contributed by atoms with Gasteiger partial charge in [-0.25, -0.2) is 0 Å². The van der Waals surface area contributed by atoms with Crippen LogP contribution in [0.4, 0.5) is 5.69 Å². The number of halogens is 2. The molecule has 1 spiro atoms. The van der Waals surface area contributed by atoms with Gasteiger partial charge < -0.3 is 4.90 Å². The first kappa shape index (κ1) is 28.1. The number of Topliss-reactive ketones (excluding diaryl/α,β-unsaturated/α-hetero) is 1. The van der Waals surface area contributed by atoms with Crippen LogP contribution in [0, 0.1) is 5.92 Å². The van der Waals surface area contributed by atoms with Gasteiger partial charge in [-0.2, -0.15) is 0 Å². The monoisotopic (exact) mass is 687 g/mol. The molecule has 5 aromatic carbocycles. The van der Waals surface area contributed by atoms with Gasteiger partial charge in [0.15, 0.2) is 5.78 Å². The van der Waals surface area contributed by atoms with Gasteiger partial charge in [0, 0.05) is 38.0 Å². The van der Waals surface area contributed by atoms with Crippen LogP contribution in [0.15, 0.2) is 136 Å². The highest BCUT2D eigenvalue weighted by Gasteiger charge is 2.62. The van der Waals surface area contributed by atoms with Crippen LogP contribution in [-0.2, 0) is 5.41 Å².